The van der Waals surface area contributed by atoms with Crippen molar-refractivity contribution in [2.24, 2.45) is 0 Å². The number of pyridine rings is 1. The molecule has 0 radical (unpaired) electrons. The van der Waals surface area contributed by atoms with E-state index in [1.54, 1.807) is 6.20 Å². The average molecular weight is 214 g/mol. The molecule has 1 aromatic rings. The molecule has 0 bridgehead atoms. The minimum absolute atomic E-state index is 0.877. The predicted molar refractivity (Wildman–Crippen MR) is 70.0 cm³/mol. The van der Waals surface area contributed by atoms with Gasteiger partial charge < -0.3 is 5.32 Å². The van der Waals surface area contributed by atoms with E-state index in [9.17, 15) is 0 Å². The van der Waals surface area contributed by atoms with Gasteiger partial charge in [-0.1, -0.05) is 19.2 Å². The topological polar surface area (TPSA) is 24.9 Å². The van der Waals surface area contributed by atoms with Gasteiger partial charge in [0.2, 0.25) is 0 Å². The maximum Gasteiger partial charge on any atom is 0.0378 e. The van der Waals surface area contributed by atoms with Crippen molar-refractivity contribution in [2.75, 3.05) is 7.05 Å². The molecule has 0 unspecified atom stereocenters. The van der Waals surface area contributed by atoms with E-state index < -0.39 is 0 Å². The molecule has 84 valence electrons. The second-order valence-corrected chi connectivity index (χ2v) is 3.60. The molecule has 1 N–H and O–H groups in total. The van der Waals surface area contributed by atoms with Crippen LogP contribution in [-0.4, -0.2) is 12.0 Å². The molecule has 1 aromatic heterocycles. The monoisotopic (exact) mass is 214 g/mol. The van der Waals surface area contributed by atoms with Gasteiger partial charge in [-0.05, 0) is 42.7 Å². The Morgan fingerprint density at radius 3 is 2.62 bits per heavy atom. The fourth-order valence-electron chi connectivity index (χ4n) is 1.55. The fourth-order valence-corrected chi connectivity index (χ4v) is 1.55. The van der Waals surface area contributed by atoms with E-state index in [1.807, 2.05) is 39.1 Å². The van der Waals surface area contributed by atoms with Crippen molar-refractivity contribution in [3.05, 3.63) is 60.1 Å². The largest absolute Gasteiger partial charge is 0.388 e. The number of aryl methyl sites for hydroxylation is 1. The van der Waals surface area contributed by atoms with E-state index in [0.717, 1.165) is 28.1 Å². The van der Waals surface area contributed by atoms with Crippen LogP contribution in [0.5, 0.6) is 0 Å². The zero-order chi connectivity index (χ0) is 12.1. The molecular weight excluding hydrogens is 196 g/mol. The number of nitrogens with zero attached hydrogens (tertiary/aromatic N) is 1. The first-order chi connectivity index (χ1) is 7.60. The highest BCUT2D eigenvalue weighted by atomic mass is 14.8. The number of likely N-dealkylation sites (N-methyl/N-ethyl adjacent to an activating group) is 1. The maximum atomic E-state index is 4.17. The summed E-state index contributed by atoms with van der Waals surface area (Å²) < 4.78 is 0. The second-order valence-electron chi connectivity index (χ2n) is 3.60. The molecule has 0 atom stereocenters. The SMILES string of the molecule is C=C(NC)/C(=C\C)C(=C)c1ccnc(C)c1. The van der Waals surface area contributed by atoms with Crippen LogP contribution >= 0.6 is 0 Å². The van der Waals surface area contributed by atoms with Crippen LogP contribution in [0, 0.1) is 6.92 Å². The average Bonchev–Trinajstić information content (AvgIpc) is 2.29. The number of hydrogen-bond acceptors (Lipinski definition) is 2. The summed E-state index contributed by atoms with van der Waals surface area (Å²) >= 11 is 0. The van der Waals surface area contributed by atoms with Crippen LogP contribution in [0.1, 0.15) is 18.2 Å². The highest BCUT2D eigenvalue weighted by Crippen LogP contribution is 2.24. The van der Waals surface area contributed by atoms with Gasteiger partial charge in [-0.25, -0.2) is 0 Å². The Morgan fingerprint density at radius 2 is 2.12 bits per heavy atom. The van der Waals surface area contributed by atoms with Crippen LogP contribution in [0.3, 0.4) is 0 Å². The third-order valence-electron chi connectivity index (χ3n) is 2.49. The number of aromatic nitrogens is 1. The van der Waals surface area contributed by atoms with E-state index >= 15 is 0 Å². The van der Waals surface area contributed by atoms with Gasteiger partial charge in [0.1, 0.15) is 0 Å². The van der Waals surface area contributed by atoms with Crippen LogP contribution in [0.15, 0.2) is 48.8 Å². The molecule has 0 aliphatic rings. The van der Waals surface area contributed by atoms with Crippen molar-refractivity contribution in [2.45, 2.75) is 13.8 Å². The lowest BCUT2D eigenvalue weighted by molar-refractivity contribution is 1.02. The first-order valence-corrected chi connectivity index (χ1v) is 5.25. The van der Waals surface area contributed by atoms with Gasteiger partial charge in [-0.15, -0.1) is 0 Å². The van der Waals surface area contributed by atoms with Gasteiger partial charge in [-0.3, -0.25) is 4.98 Å². The molecular formula is C14H18N2. The van der Waals surface area contributed by atoms with Crippen LogP contribution in [0.4, 0.5) is 0 Å². The number of rotatable bonds is 4. The van der Waals surface area contributed by atoms with Crippen molar-refractivity contribution < 1.29 is 0 Å². The van der Waals surface area contributed by atoms with Crippen LogP contribution < -0.4 is 5.32 Å². The molecule has 0 aliphatic carbocycles. The minimum Gasteiger partial charge on any atom is -0.388 e. The van der Waals surface area contributed by atoms with Crippen molar-refractivity contribution in [1.29, 1.82) is 0 Å². The van der Waals surface area contributed by atoms with E-state index in [2.05, 4.69) is 23.5 Å². The van der Waals surface area contributed by atoms with Crippen LogP contribution in [0.2, 0.25) is 0 Å². The summed E-state index contributed by atoms with van der Waals surface area (Å²) in [5.41, 5.74) is 4.95. The van der Waals surface area contributed by atoms with Crippen LogP contribution in [-0.2, 0) is 0 Å². The van der Waals surface area contributed by atoms with Crippen molar-refractivity contribution >= 4 is 5.57 Å². The fraction of sp³-hybridized carbons (Fsp3) is 0.214. The van der Waals surface area contributed by atoms with Crippen LogP contribution in [0.25, 0.3) is 5.57 Å². The van der Waals surface area contributed by atoms with Crippen molar-refractivity contribution in [1.82, 2.24) is 10.3 Å². The highest BCUT2D eigenvalue weighted by Gasteiger charge is 2.07. The standard InChI is InChI=1S/C14H18N2/c1-6-14(12(4)15-5)11(3)13-7-8-16-10(2)9-13/h6-9,15H,3-4H2,1-2,5H3/b14-6-. The molecule has 16 heavy (non-hydrogen) atoms. The summed E-state index contributed by atoms with van der Waals surface area (Å²) in [4.78, 5) is 4.17. The van der Waals surface area contributed by atoms with Gasteiger partial charge in [0.25, 0.3) is 0 Å². The molecule has 0 aliphatic heterocycles. The molecule has 0 spiro atoms. The Kier molecular flexibility index (Phi) is 4.06. The molecule has 2 nitrogen and oxygen atoms in total. The van der Waals surface area contributed by atoms with E-state index in [-0.39, 0.29) is 0 Å². The number of hydrogen-bond donors (Lipinski definition) is 1. The summed E-state index contributed by atoms with van der Waals surface area (Å²) in [5, 5.41) is 3.04. The number of nitrogens with one attached hydrogen (secondary N) is 1. The Morgan fingerprint density at radius 1 is 1.44 bits per heavy atom. The van der Waals surface area contributed by atoms with Gasteiger partial charge >= 0.3 is 0 Å². The summed E-state index contributed by atoms with van der Waals surface area (Å²) in [7, 11) is 1.86. The van der Waals surface area contributed by atoms with Gasteiger partial charge in [0.05, 0.1) is 0 Å². The van der Waals surface area contributed by atoms with Gasteiger partial charge in [-0.2, -0.15) is 0 Å². The van der Waals surface area contributed by atoms with E-state index in [1.165, 1.54) is 0 Å². The second kappa shape index (κ2) is 5.31. The molecule has 0 aromatic carbocycles. The summed E-state index contributed by atoms with van der Waals surface area (Å²) in [6, 6.07) is 3.98. The van der Waals surface area contributed by atoms with E-state index in [0.29, 0.717) is 0 Å². The zero-order valence-electron chi connectivity index (χ0n) is 10.2. The smallest absolute Gasteiger partial charge is 0.0378 e. The van der Waals surface area contributed by atoms with Crippen molar-refractivity contribution in [3.63, 3.8) is 0 Å². The molecule has 1 heterocycles. The van der Waals surface area contributed by atoms with Crippen molar-refractivity contribution in [3.8, 4) is 0 Å². The zero-order valence-corrected chi connectivity index (χ0v) is 10.2. The lowest BCUT2D eigenvalue weighted by atomic mass is 9.97. The van der Waals surface area contributed by atoms with Gasteiger partial charge in [0, 0.05) is 24.6 Å². The Balaban J connectivity index is 3.06. The molecule has 0 fully saturated rings. The van der Waals surface area contributed by atoms with Gasteiger partial charge in [0.15, 0.2) is 0 Å². The molecule has 0 amide bonds. The maximum absolute atomic E-state index is 4.17. The molecule has 1 rings (SSSR count). The Hall–Kier alpha value is -1.83. The molecule has 0 saturated heterocycles. The molecule has 2 heteroatoms. The lowest BCUT2D eigenvalue weighted by Gasteiger charge is -2.13. The predicted octanol–water partition coefficient (Wildman–Crippen LogP) is 3.08. The normalized spacial score (nSPS) is 11.1. The van der Waals surface area contributed by atoms with E-state index in [4.69, 9.17) is 0 Å². The summed E-state index contributed by atoms with van der Waals surface area (Å²) in [6.07, 6.45) is 3.81. The lowest BCUT2D eigenvalue weighted by Crippen LogP contribution is -2.07. The summed E-state index contributed by atoms with van der Waals surface area (Å²) in [5.74, 6) is 0. The summed E-state index contributed by atoms with van der Waals surface area (Å²) in [6.45, 7) is 12.0. The quantitative estimate of drug-likeness (QED) is 0.779. The Bertz CT molecular complexity index is 442. The first kappa shape index (κ1) is 12.2. The Labute approximate surface area is 97.4 Å². The highest BCUT2D eigenvalue weighted by molar-refractivity contribution is 5.81. The number of allylic oxidation sites excluding steroid dienone is 2. The first-order valence-electron chi connectivity index (χ1n) is 5.25. The third-order valence-corrected chi connectivity index (χ3v) is 2.49. The minimum atomic E-state index is 0.877. The third kappa shape index (κ3) is 2.60. The molecule has 0 saturated carbocycles.